The lowest BCUT2D eigenvalue weighted by atomic mass is 9.70. The third-order valence-corrected chi connectivity index (χ3v) is 15.9. The van der Waals surface area contributed by atoms with E-state index in [4.69, 9.17) is 4.74 Å². The van der Waals surface area contributed by atoms with Crippen LogP contribution in [-0.4, -0.2) is 40.1 Å². The molecule has 2 aliphatic heterocycles. The van der Waals surface area contributed by atoms with Crippen LogP contribution >= 0.6 is 11.3 Å². The summed E-state index contributed by atoms with van der Waals surface area (Å²) in [6.07, 6.45) is 57.4. The lowest BCUT2D eigenvalue weighted by Gasteiger charge is -2.49. The molecule has 1 aromatic heterocycles. The summed E-state index contributed by atoms with van der Waals surface area (Å²) in [5.41, 5.74) is 9.33. The molecule has 2 fully saturated rings. The highest BCUT2D eigenvalue weighted by atomic mass is 32.1. The van der Waals surface area contributed by atoms with Crippen molar-refractivity contribution in [1.29, 1.82) is 0 Å². The highest BCUT2D eigenvalue weighted by molar-refractivity contribution is 7.12. The topological polar surface area (TPSA) is 15.7 Å². The molecule has 11 rings (SSSR count). The second kappa shape index (κ2) is 13.2. The summed E-state index contributed by atoms with van der Waals surface area (Å²) in [5, 5.41) is 0. The highest BCUT2D eigenvalue weighted by Gasteiger charge is 2.53. The summed E-state index contributed by atoms with van der Waals surface area (Å²) >= 11 is 2.13. The van der Waals surface area contributed by atoms with Gasteiger partial charge in [0.15, 0.2) is 0 Å². The average Bonchev–Trinajstić information content (AvgIpc) is 3.88. The van der Waals surface area contributed by atoms with Crippen molar-refractivity contribution < 1.29 is 4.74 Å². The summed E-state index contributed by atoms with van der Waals surface area (Å²) in [4.78, 5) is 9.04. The molecule has 8 aliphatic carbocycles. The van der Waals surface area contributed by atoms with Crippen LogP contribution in [0.1, 0.15) is 97.9 Å². The van der Waals surface area contributed by atoms with E-state index in [9.17, 15) is 0 Å². The van der Waals surface area contributed by atoms with Crippen molar-refractivity contribution in [3.63, 3.8) is 0 Å². The van der Waals surface area contributed by atoms with Crippen LogP contribution in [0.2, 0.25) is 0 Å². The molecule has 1 aromatic rings. The lowest BCUT2D eigenvalue weighted by Crippen LogP contribution is -2.52. The molecule has 0 amide bonds. The fourth-order valence-electron chi connectivity index (χ4n) is 12.3. The van der Waals surface area contributed by atoms with E-state index in [1.807, 2.05) is 0 Å². The minimum Gasteiger partial charge on any atom is -0.370 e. The smallest absolute Gasteiger partial charge is 0.0811 e. The number of hydrogen-bond donors (Lipinski definition) is 0. The first-order chi connectivity index (χ1) is 25.8. The first-order valence-electron chi connectivity index (χ1n) is 21.0. The van der Waals surface area contributed by atoms with Crippen molar-refractivity contribution >= 4 is 23.1 Å². The molecule has 3 heterocycles. The molecule has 4 heteroatoms. The van der Waals surface area contributed by atoms with Gasteiger partial charge in [0.1, 0.15) is 0 Å². The quantitative estimate of drug-likeness (QED) is 0.284. The maximum absolute atomic E-state index is 6.96. The molecule has 0 N–H and O–H groups in total. The molecule has 10 atom stereocenters. The van der Waals surface area contributed by atoms with E-state index in [1.54, 1.807) is 32.2 Å². The fourth-order valence-corrected chi connectivity index (χ4v) is 13.6. The van der Waals surface area contributed by atoms with Crippen molar-refractivity contribution in [2.75, 3.05) is 0 Å². The van der Waals surface area contributed by atoms with Crippen LogP contribution in [0.25, 0.3) is 11.8 Å². The Morgan fingerprint density at radius 3 is 2.63 bits per heavy atom. The van der Waals surface area contributed by atoms with Crippen LogP contribution in [0.5, 0.6) is 0 Å². The maximum Gasteiger partial charge on any atom is 0.0811 e. The number of ether oxygens (including phenoxy) is 1. The number of allylic oxidation sites excluding steroid dienone is 11. The summed E-state index contributed by atoms with van der Waals surface area (Å²) in [5.74, 6) is 2.95. The molecule has 3 nitrogen and oxygen atoms in total. The number of aryl methyl sites for hydroxylation is 2. The van der Waals surface area contributed by atoms with Crippen molar-refractivity contribution in [2.45, 2.75) is 120 Å². The Bertz CT molecular complexity index is 1920. The predicted octanol–water partition coefficient (Wildman–Crippen LogP) is 11.0. The van der Waals surface area contributed by atoms with Crippen molar-refractivity contribution in [3.05, 3.63) is 129 Å². The van der Waals surface area contributed by atoms with E-state index >= 15 is 0 Å². The Hall–Kier alpha value is -3.34. The van der Waals surface area contributed by atoms with Crippen molar-refractivity contribution in [3.8, 4) is 0 Å². The Kier molecular flexibility index (Phi) is 8.15. The van der Waals surface area contributed by atoms with E-state index in [1.165, 1.54) is 69.2 Å². The largest absolute Gasteiger partial charge is 0.370 e. The molecule has 10 unspecified atom stereocenters. The molecule has 0 aromatic carbocycles. The van der Waals surface area contributed by atoms with Gasteiger partial charge in [0.25, 0.3) is 0 Å². The van der Waals surface area contributed by atoms with Crippen LogP contribution in [0.15, 0.2) is 108 Å². The molecule has 0 spiro atoms. The van der Waals surface area contributed by atoms with Crippen molar-refractivity contribution in [2.24, 2.45) is 29.6 Å². The molecular formula is C48H54N2OS. The molecule has 1 saturated heterocycles. The van der Waals surface area contributed by atoms with E-state index in [0.29, 0.717) is 53.8 Å². The zero-order valence-corrected chi connectivity index (χ0v) is 31.4. The van der Waals surface area contributed by atoms with Gasteiger partial charge in [-0.1, -0.05) is 97.9 Å². The normalized spacial score (nSPS) is 38.0. The number of fused-ring (bicyclic) bond motifs is 8. The first kappa shape index (κ1) is 32.1. The maximum atomic E-state index is 6.96. The van der Waals surface area contributed by atoms with Gasteiger partial charge in [0, 0.05) is 56.3 Å². The molecule has 10 aliphatic rings. The van der Waals surface area contributed by atoms with Gasteiger partial charge in [-0.15, -0.1) is 11.3 Å². The van der Waals surface area contributed by atoms with E-state index in [0.717, 1.165) is 32.1 Å². The Morgan fingerprint density at radius 1 is 0.769 bits per heavy atom. The molecule has 268 valence electrons. The second-order valence-corrected chi connectivity index (χ2v) is 18.4. The number of hydrogen-bond acceptors (Lipinski definition) is 4. The summed E-state index contributed by atoms with van der Waals surface area (Å²) < 4.78 is 6.96. The minimum absolute atomic E-state index is 0.262. The zero-order valence-electron chi connectivity index (χ0n) is 30.6. The van der Waals surface area contributed by atoms with Gasteiger partial charge >= 0.3 is 0 Å². The molecule has 0 radical (unpaired) electrons. The summed E-state index contributed by atoms with van der Waals surface area (Å²) in [6, 6.07) is 1.22. The number of nitrogens with zero attached hydrogens (tertiary/aromatic N) is 2. The van der Waals surface area contributed by atoms with Crippen LogP contribution < -0.4 is 0 Å². The van der Waals surface area contributed by atoms with E-state index in [-0.39, 0.29) is 6.10 Å². The van der Waals surface area contributed by atoms with Gasteiger partial charge in [-0.2, -0.15) is 0 Å². The number of rotatable bonds is 5. The van der Waals surface area contributed by atoms with Gasteiger partial charge < -0.3 is 14.5 Å². The van der Waals surface area contributed by atoms with Crippen molar-refractivity contribution in [1.82, 2.24) is 9.80 Å². The van der Waals surface area contributed by atoms with Gasteiger partial charge in [0.2, 0.25) is 0 Å². The molecule has 0 bridgehead atoms. The van der Waals surface area contributed by atoms with Crippen LogP contribution in [-0.2, 0) is 17.6 Å². The van der Waals surface area contributed by atoms with Gasteiger partial charge in [0.05, 0.1) is 18.2 Å². The predicted molar refractivity (Wildman–Crippen MR) is 215 cm³/mol. The molecular weight excluding hydrogens is 653 g/mol. The van der Waals surface area contributed by atoms with E-state index in [2.05, 4.69) is 118 Å². The van der Waals surface area contributed by atoms with Gasteiger partial charge in [-0.25, -0.2) is 0 Å². The summed E-state index contributed by atoms with van der Waals surface area (Å²) in [7, 11) is 0. The number of thiophene rings is 1. The minimum atomic E-state index is 0.262. The Morgan fingerprint density at radius 2 is 1.71 bits per heavy atom. The second-order valence-electron chi connectivity index (χ2n) is 17.2. The molecule has 52 heavy (non-hydrogen) atoms. The lowest BCUT2D eigenvalue weighted by molar-refractivity contribution is 0.0322. The third-order valence-electron chi connectivity index (χ3n) is 14.5. The van der Waals surface area contributed by atoms with Crippen LogP contribution in [0.3, 0.4) is 0 Å². The zero-order chi connectivity index (χ0) is 34.2. The van der Waals surface area contributed by atoms with E-state index < -0.39 is 0 Å². The SMILES string of the molecule is C1=CCC(C2C=CC3=C(C2)C2CC(N(C4=CCCc5sc6c(c54)C=CCC6)C4CC=CC5OC6CCCCC6C54)C=CC2N3C2=CCCC=C2)C=C1. The monoisotopic (exact) mass is 706 g/mol. The van der Waals surface area contributed by atoms with Crippen LogP contribution in [0, 0.1) is 29.6 Å². The highest BCUT2D eigenvalue weighted by Crippen LogP contribution is 2.54. The fraction of sp³-hybridized carbons (Fsp3) is 0.500. The van der Waals surface area contributed by atoms with Crippen LogP contribution in [0.4, 0.5) is 0 Å². The molecule has 1 saturated carbocycles. The standard InChI is InChI=1S/C48H54N2OS/c1-3-13-31(14-4-1)32-25-27-39-37(29-32)38-30-34(26-28-40(38)49(39)33-15-5-2-6-16-33)50(41-19-11-22-44-47(41)35-17-7-9-21-43(35)51-44)42-20-12-24-46-48(42)36-18-8-10-23-45(36)52-46/h1,3-5,8,11,13,15-16,18,20,22,25-28,31-32,34-35,38,40-41,43-44,47H,2,6-7,9-10,12,14,17,19,21,23-24,29-30H2. The Balaban J connectivity index is 1.01. The average molecular weight is 707 g/mol. The summed E-state index contributed by atoms with van der Waals surface area (Å²) in [6.45, 7) is 0. The van der Waals surface area contributed by atoms with Gasteiger partial charge in [-0.05, 0) is 118 Å². The Labute approximate surface area is 315 Å². The first-order valence-corrected chi connectivity index (χ1v) is 21.8. The van der Waals surface area contributed by atoms with Gasteiger partial charge in [-0.3, -0.25) is 0 Å². The third kappa shape index (κ3) is 5.21.